The third-order valence-electron chi connectivity index (χ3n) is 6.88. The average Bonchev–Trinajstić information content (AvgIpc) is 3.21. The molecular formula is C29H34ClN3O3S. The molecule has 0 saturated carbocycles. The first kappa shape index (κ1) is 27.1. The molecule has 196 valence electrons. The number of benzene rings is 3. The summed E-state index contributed by atoms with van der Waals surface area (Å²) in [6, 6.07) is 18.1. The minimum absolute atomic E-state index is 0.0334. The number of hydrogen-bond acceptors (Lipinski definition) is 5. The Morgan fingerprint density at radius 1 is 0.838 bits per heavy atom. The van der Waals surface area contributed by atoms with Crippen molar-refractivity contribution in [3.8, 4) is 11.4 Å². The van der Waals surface area contributed by atoms with Crippen molar-refractivity contribution >= 4 is 30.8 Å². The molecule has 0 atom stereocenters. The number of phenolic OH excluding ortho intramolecular Hbond substituents is 1. The first-order valence-corrected chi connectivity index (χ1v) is 14.6. The number of nitrogens with zero attached hydrogens (tertiary/aromatic N) is 3. The number of fused-ring (bicyclic) bond motifs is 1. The molecule has 8 heteroatoms. The zero-order valence-corrected chi connectivity index (χ0v) is 23.9. The van der Waals surface area contributed by atoms with Crippen LogP contribution in [-0.2, 0) is 19.9 Å². The molecule has 3 aromatic carbocycles. The summed E-state index contributed by atoms with van der Waals surface area (Å²) in [4.78, 5) is 1.53. The van der Waals surface area contributed by atoms with Crippen LogP contribution in [0.15, 0.2) is 65.6 Å². The van der Waals surface area contributed by atoms with Gasteiger partial charge in [-0.25, -0.2) is 8.42 Å². The van der Waals surface area contributed by atoms with Gasteiger partial charge in [-0.1, -0.05) is 78.8 Å². The van der Waals surface area contributed by atoms with Crippen molar-refractivity contribution in [1.82, 2.24) is 15.0 Å². The molecule has 0 unspecified atom stereocenters. The normalized spacial score (nSPS) is 13.3. The number of aromatic hydroxyl groups is 1. The van der Waals surface area contributed by atoms with Crippen molar-refractivity contribution in [1.29, 1.82) is 0 Å². The Labute approximate surface area is 223 Å². The van der Waals surface area contributed by atoms with Crippen molar-refractivity contribution in [2.24, 2.45) is 5.41 Å². The molecule has 0 fully saturated rings. The van der Waals surface area contributed by atoms with Crippen LogP contribution in [0.25, 0.3) is 16.7 Å². The van der Waals surface area contributed by atoms with Crippen molar-refractivity contribution in [2.45, 2.75) is 70.6 Å². The van der Waals surface area contributed by atoms with E-state index in [2.05, 4.69) is 50.9 Å². The van der Waals surface area contributed by atoms with Gasteiger partial charge in [-0.15, -0.1) is 15.0 Å². The highest BCUT2D eigenvalue weighted by atomic mass is 35.7. The van der Waals surface area contributed by atoms with Gasteiger partial charge in [0.15, 0.2) is 0 Å². The average molecular weight is 540 g/mol. The highest BCUT2D eigenvalue weighted by Gasteiger charge is 2.34. The number of phenols is 1. The van der Waals surface area contributed by atoms with E-state index in [4.69, 9.17) is 10.7 Å². The molecule has 0 spiro atoms. The lowest BCUT2D eigenvalue weighted by Crippen LogP contribution is -2.27. The number of halogens is 1. The molecule has 0 bridgehead atoms. The van der Waals surface area contributed by atoms with Gasteiger partial charge < -0.3 is 5.11 Å². The van der Waals surface area contributed by atoms with Gasteiger partial charge in [0.1, 0.15) is 22.5 Å². The summed E-state index contributed by atoms with van der Waals surface area (Å²) in [6.07, 6.45) is 0.918. The van der Waals surface area contributed by atoms with E-state index in [1.165, 1.54) is 16.9 Å². The topological polar surface area (TPSA) is 85.1 Å². The van der Waals surface area contributed by atoms with E-state index >= 15 is 0 Å². The van der Waals surface area contributed by atoms with Crippen LogP contribution < -0.4 is 0 Å². The first-order chi connectivity index (χ1) is 17.0. The van der Waals surface area contributed by atoms with Crippen molar-refractivity contribution in [2.75, 3.05) is 0 Å². The standard InChI is InChI=1S/C29H34ClN3O3S/c1-27(2,3)18-28(4,5)20-16-22(29(6,7)19-12-14-21(15-13-19)37(30,35)36)26(34)25(17-20)33-31-23-10-8-9-11-24(23)32-33/h8-17,34H,18H2,1-7H3. The van der Waals surface area contributed by atoms with Crippen LogP contribution in [0.5, 0.6) is 5.75 Å². The van der Waals surface area contributed by atoms with Crippen LogP contribution in [0.1, 0.15) is 71.6 Å². The molecule has 4 rings (SSSR count). The second-order valence-electron chi connectivity index (χ2n) is 12.1. The first-order valence-electron chi connectivity index (χ1n) is 12.2. The second-order valence-corrected chi connectivity index (χ2v) is 14.6. The van der Waals surface area contributed by atoms with Gasteiger partial charge in [0.2, 0.25) is 0 Å². The van der Waals surface area contributed by atoms with Gasteiger partial charge >= 0.3 is 0 Å². The Kier molecular flexibility index (Phi) is 6.70. The van der Waals surface area contributed by atoms with Gasteiger partial charge in [-0.3, -0.25) is 0 Å². The van der Waals surface area contributed by atoms with Crippen LogP contribution in [-0.4, -0.2) is 28.5 Å². The van der Waals surface area contributed by atoms with Crippen LogP contribution in [0.3, 0.4) is 0 Å². The van der Waals surface area contributed by atoms with Gasteiger partial charge in [-0.05, 0) is 58.7 Å². The summed E-state index contributed by atoms with van der Waals surface area (Å²) < 4.78 is 23.5. The molecule has 0 saturated heterocycles. The molecule has 1 heterocycles. The summed E-state index contributed by atoms with van der Waals surface area (Å²) in [5, 5.41) is 20.9. The molecule has 0 aliphatic heterocycles. The zero-order chi connectivity index (χ0) is 27.4. The highest BCUT2D eigenvalue weighted by molar-refractivity contribution is 8.13. The van der Waals surface area contributed by atoms with Gasteiger partial charge in [0.25, 0.3) is 9.05 Å². The van der Waals surface area contributed by atoms with E-state index in [9.17, 15) is 13.5 Å². The van der Waals surface area contributed by atoms with E-state index in [0.717, 1.165) is 28.6 Å². The Balaban J connectivity index is 1.95. The predicted molar refractivity (Wildman–Crippen MR) is 149 cm³/mol. The van der Waals surface area contributed by atoms with Crippen molar-refractivity contribution < 1.29 is 13.5 Å². The quantitative estimate of drug-likeness (QED) is 0.264. The zero-order valence-electron chi connectivity index (χ0n) is 22.4. The molecule has 0 radical (unpaired) electrons. The third kappa shape index (κ3) is 5.53. The van der Waals surface area contributed by atoms with Crippen LogP contribution in [0, 0.1) is 5.41 Å². The van der Waals surface area contributed by atoms with Crippen LogP contribution in [0.2, 0.25) is 0 Å². The molecule has 6 nitrogen and oxygen atoms in total. The van der Waals surface area contributed by atoms with Crippen LogP contribution in [0.4, 0.5) is 0 Å². The molecular weight excluding hydrogens is 506 g/mol. The Morgan fingerprint density at radius 3 is 1.86 bits per heavy atom. The fraction of sp³-hybridized carbons (Fsp3) is 0.379. The Hall–Kier alpha value is -2.90. The summed E-state index contributed by atoms with van der Waals surface area (Å²) in [5.74, 6) is 0.0784. The summed E-state index contributed by atoms with van der Waals surface area (Å²) >= 11 is 0. The summed E-state index contributed by atoms with van der Waals surface area (Å²) in [7, 11) is 1.69. The maximum absolute atomic E-state index is 11.8. The highest BCUT2D eigenvalue weighted by Crippen LogP contribution is 2.45. The molecule has 4 aromatic rings. The van der Waals surface area contributed by atoms with E-state index in [1.54, 1.807) is 12.1 Å². The lowest BCUT2D eigenvalue weighted by molar-refractivity contribution is 0.283. The largest absolute Gasteiger partial charge is 0.505 e. The lowest BCUT2D eigenvalue weighted by atomic mass is 9.70. The van der Waals surface area contributed by atoms with Gasteiger partial charge in [-0.2, -0.15) is 0 Å². The fourth-order valence-electron chi connectivity index (χ4n) is 5.22. The molecule has 0 aliphatic rings. The number of aromatic nitrogens is 3. The van der Waals surface area contributed by atoms with Crippen molar-refractivity contribution in [3.63, 3.8) is 0 Å². The Morgan fingerprint density at radius 2 is 1.38 bits per heavy atom. The molecule has 1 aromatic heterocycles. The monoisotopic (exact) mass is 539 g/mol. The minimum atomic E-state index is -3.83. The molecule has 0 aliphatic carbocycles. The molecule has 0 amide bonds. The number of rotatable bonds is 6. The SMILES string of the molecule is CC(C)(C)CC(C)(C)c1cc(-n2nc3ccccc3n2)c(O)c(C(C)(C)c2ccc(S(=O)(=O)Cl)cc2)c1. The lowest BCUT2D eigenvalue weighted by Gasteiger charge is -2.35. The minimum Gasteiger partial charge on any atom is -0.505 e. The summed E-state index contributed by atoms with van der Waals surface area (Å²) in [6.45, 7) is 15.1. The fourth-order valence-corrected chi connectivity index (χ4v) is 5.99. The van der Waals surface area contributed by atoms with E-state index in [1.807, 2.05) is 44.2 Å². The molecule has 37 heavy (non-hydrogen) atoms. The second kappa shape index (κ2) is 9.14. The van der Waals surface area contributed by atoms with Gasteiger partial charge in [0, 0.05) is 21.7 Å². The van der Waals surface area contributed by atoms with E-state index < -0.39 is 14.5 Å². The predicted octanol–water partition coefficient (Wildman–Crippen LogP) is 7.09. The number of hydrogen-bond donors (Lipinski definition) is 1. The Bertz CT molecular complexity index is 1530. The van der Waals surface area contributed by atoms with E-state index in [0.29, 0.717) is 11.3 Å². The van der Waals surface area contributed by atoms with Crippen LogP contribution >= 0.6 is 10.7 Å². The third-order valence-corrected chi connectivity index (χ3v) is 8.25. The smallest absolute Gasteiger partial charge is 0.261 e. The maximum Gasteiger partial charge on any atom is 0.261 e. The maximum atomic E-state index is 11.8. The van der Waals surface area contributed by atoms with Gasteiger partial charge in [0.05, 0.1) is 4.90 Å². The molecule has 1 N–H and O–H groups in total. The van der Waals surface area contributed by atoms with E-state index in [-0.39, 0.29) is 21.5 Å². The van der Waals surface area contributed by atoms with Crippen molar-refractivity contribution in [3.05, 3.63) is 77.4 Å². The summed E-state index contributed by atoms with van der Waals surface area (Å²) in [5.41, 5.74) is 3.76.